The van der Waals surface area contributed by atoms with Crippen LogP contribution in [0.3, 0.4) is 0 Å². The maximum Gasteiger partial charge on any atom is 0.224 e. The standard InChI is InChI=1S/C13H21N3O2.ClH/c1-3-11-13(8(2)18-16-11)15-12(17)7-9-5-4-6-10(9)14;/h9-10H,3-7,14H2,1-2H3,(H,15,17);1H/t9-,10+;/m0./s1. The van der Waals surface area contributed by atoms with Crippen LogP contribution in [0.25, 0.3) is 0 Å². The Morgan fingerprint density at radius 2 is 2.26 bits per heavy atom. The van der Waals surface area contributed by atoms with Gasteiger partial charge >= 0.3 is 0 Å². The number of aryl methyl sites for hydroxylation is 2. The summed E-state index contributed by atoms with van der Waals surface area (Å²) in [5, 5.41) is 6.83. The van der Waals surface area contributed by atoms with Gasteiger partial charge in [-0.05, 0) is 32.1 Å². The monoisotopic (exact) mass is 287 g/mol. The molecule has 1 fully saturated rings. The zero-order chi connectivity index (χ0) is 13.1. The Labute approximate surface area is 119 Å². The minimum Gasteiger partial charge on any atom is -0.359 e. The van der Waals surface area contributed by atoms with Gasteiger partial charge in [-0.2, -0.15) is 0 Å². The Balaban J connectivity index is 0.00000180. The van der Waals surface area contributed by atoms with Crippen molar-refractivity contribution in [2.24, 2.45) is 11.7 Å². The van der Waals surface area contributed by atoms with Gasteiger partial charge in [0.05, 0.1) is 0 Å². The SMILES string of the molecule is CCc1noc(C)c1NC(=O)C[C@@H]1CCC[C@H]1N.Cl. The van der Waals surface area contributed by atoms with Crippen LogP contribution in [0.4, 0.5) is 5.69 Å². The molecule has 19 heavy (non-hydrogen) atoms. The molecular weight excluding hydrogens is 266 g/mol. The van der Waals surface area contributed by atoms with Gasteiger partial charge in [0, 0.05) is 12.5 Å². The minimum atomic E-state index is 0. The second-order valence-electron chi connectivity index (χ2n) is 5.02. The molecule has 0 spiro atoms. The number of carbonyl (C=O) groups excluding carboxylic acids is 1. The molecule has 1 amide bonds. The highest BCUT2D eigenvalue weighted by Crippen LogP contribution is 2.28. The number of nitrogens with one attached hydrogen (secondary N) is 1. The Morgan fingerprint density at radius 3 is 2.84 bits per heavy atom. The second kappa shape index (κ2) is 6.91. The lowest BCUT2D eigenvalue weighted by molar-refractivity contribution is -0.117. The number of nitrogens with zero attached hydrogens (tertiary/aromatic N) is 1. The number of rotatable bonds is 4. The van der Waals surface area contributed by atoms with Crippen LogP contribution in [-0.4, -0.2) is 17.1 Å². The lowest BCUT2D eigenvalue weighted by Gasteiger charge is -2.14. The summed E-state index contributed by atoms with van der Waals surface area (Å²) in [7, 11) is 0. The third-order valence-electron chi connectivity index (χ3n) is 3.70. The quantitative estimate of drug-likeness (QED) is 0.891. The van der Waals surface area contributed by atoms with Crippen LogP contribution in [0, 0.1) is 12.8 Å². The Hall–Kier alpha value is -1.07. The van der Waals surface area contributed by atoms with Crippen molar-refractivity contribution in [1.29, 1.82) is 0 Å². The van der Waals surface area contributed by atoms with Gasteiger partial charge in [-0.3, -0.25) is 4.79 Å². The van der Waals surface area contributed by atoms with Crippen molar-refractivity contribution in [1.82, 2.24) is 5.16 Å². The van der Waals surface area contributed by atoms with Gasteiger partial charge in [0.1, 0.15) is 11.4 Å². The molecule has 0 aromatic carbocycles. The summed E-state index contributed by atoms with van der Waals surface area (Å²) >= 11 is 0. The highest BCUT2D eigenvalue weighted by molar-refractivity contribution is 5.91. The number of hydrogen-bond donors (Lipinski definition) is 2. The fourth-order valence-electron chi connectivity index (χ4n) is 2.57. The molecule has 5 nitrogen and oxygen atoms in total. The van der Waals surface area contributed by atoms with E-state index in [2.05, 4.69) is 10.5 Å². The fraction of sp³-hybridized carbons (Fsp3) is 0.692. The van der Waals surface area contributed by atoms with E-state index in [1.807, 2.05) is 13.8 Å². The topological polar surface area (TPSA) is 81.2 Å². The van der Waals surface area contributed by atoms with Crippen LogP contribution >= 0.6 is 12.4 Å². The van der Waals surface area contributed by atoms with Gasteiger partial charge in [0.2, 0.25) is 5.91 Å². The Bertz CT molecular complexity index is 434. The lowest BCUT2D eigenvalue weighted by Crippen LogP contribution is -2.28. The first-order chi connectivity index (χ1) is 8.61. The second-order valence-corrected chi connectivity index (χ2v) is 5.02. The van der Waals surface area contributed by atoms with Crippen LogP contribution in [-0.2, 0) is 11.2 Å². The molecule has 0 saturated heterocycles. The van der Waals surface area contributed by atoms with E-state index in [1.165, 1.54) is 0 Å². The molecule has 2 rings (SSSR count). The molecule has 3 N–H and O–H groups in total. The molecule has 108 valence electrons. The molecule has 1 aliphatic carbocycles. The molecule has 2 atom stereocenters. The van der Waals surface area contributed by atoms with Gasteiger partial charge in [0.15, 0.2) is 5.76 Å². The highest BCUT2D eigenvalue weighted by atomic mass is 35.5. The van der Waals surface area contributed by atoms with E-state index in [0.717, 1.165) is 37.1 Å². The van der Waals surface area contributed by atoms with Crippen LogP contribution in [0.1, 0.15) is 44.1 Å². The Kier molecular flexibility index (Phi) is 5.82. The molecule has 0 radical (unpaired) electrons. The summed E-state index contributed by atoms with van der Waals surface area (Å²) in [5.74, 6) is 0.990. The third-order valence-corrected chi connectivity index (χ3v) is 3.70. The molecule has 1 heterocycles. The number of halogens is 1. The summed E-state index contributed by atoms with van der Waals surface area (Å²) in [6, 6.07) is 0.171. The van der Waals surface area contributed by atoms with Crippen molar-refractivity contribution in [2.75, 3.05) is 5.32 Å². The number of carbonyl (C=O) groups is 1. The lowest BCUT2D eigenvalue weighted by atomic mass is 10.00. The van der Waals surface area contributed by atoms with Gasteiger partial charge < -0.3 is 15.6 Å². The smallest absolute Gasteiger partial charge is 0.224 e. The average molecular weight is 288 g/mol. The van der Waals surface area contributed by atoms with E-state index < -0.39 is 0 Å². The van der Waals surface area contributed by atoms with Crippen molar-refractivity contribution in [2.45, 2.75) is 52.0 Å². The molecule has 0 unspecified atom stereocenters. The van der Waals surface area contributed by atoms with Crippen molar-refractivity contribution in [3.8, 4) is 0 Å². The Morgan fingerprint density at radius 1 is 1.53 bits per heavy atom. The molecule has 1 saturated carbocycles. The molecule has 1 aliphatic rings. The van der Waals surface area contributed by atoms with Crippen LogP contribution < -0.4 is 11.1 Å². The van der Waals surface area contributed by atoms with Crippen LogP contribution in [0.5, 0.6) is 0 Å². The number of hydrogen-bond acceptors (Lipinski definition) is 4. The molecular formula is C13H22ClN3O2. The average Bonchev–Trinajstić information content (AvgIpc) is 2.88. The maximum absolute atomic E-state index is 12.0. The third kappa shape index (κ3) is 3.70. The van der Waals surface area contributed by atoms with E-state index in [4.69, 9.17) is 10.3 Å². The summed E-state index contributed by atoms with van der Waals surface area (Å²) < 4.78 is 5.09. The number of amides is 1. The highest BCUT2D eigenvalue weighted by Gasteiger charge is 2.26. The van der Waals surface area contributed by atoms with Crippen LogP contribution in [0.2, 0.25) is 0 Å². The van der Waals surface area contributed by atoms with E-state index in [0.29, 0.717) is 18.1 Å². The van der Waals surface area contributed by atoms with Crippen LogP contribution in [0.15, 0.2) is 4.52 Å². The fourth-order valence-corrected chi connectivity index (χ4v) is 2.57. The molecule has 0 aliphatic heterocycles. The number of anilines is 1. The van der Waals surface area contributed by atoms with Crippen molar-refractivity contribution in [3.63, 3.8) is 0 Å². The first-order valence-corrected chi connectivity index (χ1v) is 6.62. The van der Waals surface area contributed by atoms with Crippen molar-refractivity contribution >= 4 is 24.0 Å². The minimum absolute atomic E-state index is 0. The van der Waals surface area contributed by atoms with Crippen molar-refractivity contribution < 1.29 is 9.32 Å². The molecule has 6 heteroatoms. The van der Waals surface area contributed by atoms with Gasteiger partial charge in [-0.15, -0.1) is 12.4 Å². The summed E-state index contributed by atoms with van der Waals surface area (Å²) in [6.07, 6.45) is 4.46. The summed E-state index contributed by atoms with van der Waals surface area (Å²) in [5.41, 5.74) is 7.51. The van der Waals surface area contributed by atoms with E-state index >= 15 is 0 Å². The first kappa shape index (κ1) is 16.0. The van der Waals surface area contributed by atoms with E-state index in [-0.39, 0.29) is 24.4 Å². The maximum atomic E-state index is 12.0. The molecule has 0 bridgehead atoms. The van der Waals surface area contributed by atoms with Gasteiger partial charge in [-0.1, -0.05) is 18.5 Å². The number of nitrogens with two attached hydrogens (primary N) is 1. The van der Waals surface area contributed by atoms with Gasteiger partial charge in [0.25, 0.3) is 0 Å². The zero-order valence-corrected chi connectivity index (χ0v) is 12.3. The summed E-state index contributed by atoms with van der Waals surface area (Å²) in [6.45, 7) is 3.79. The van der Waals surface area contributed by atoms with Crippen molar-refractivity contribution in [3.05, 3.63) is 11.5 Å². The normalized spacial score (nSPS) is 22.1. The van der Waals surface area contributed by atoms with E-state index in [9.17, 15) is 4.79 Å². The number of aromatic nitrogens is 1. The van der Waals surface area contributed by atoms with Gasteiger partial charge in [-0.25, -0.2) is 0 Å². The first-order valence-electron chi connectivity index (χ1n) is 6.62. The molecule has 1 aromatic heterocycles. The zero-order valence-electron chi connectivity index (χ0n) is 11.4. The molecule has 1 aromatic rings. The van der Waals surface area contributed by atoms with E-state index in [1.54, 1.807) is 0 Å². The predicted molar refractivity (Wildman–Crippen MR) is 76.4 cm³/mol. The predicted octanol–water partition coefficient (Wildman–Crippen LogP) is 2.42. The largest absolute Gasteiger partial charge is 0.359 e. The summed E-state index contributed by atoms with van der Waals surface area (Å²) in [4.78, 5) is 12.0.